The first-order valence-corrected chi connectivity index (χ1v) is 6.57. The van der Waals surface area contributed by atoms with Gasteiger partial charge in [0.05, 0.1) is 0 Å². The second kappa shape index (κ2) is 5.70. The van der Waals surface area contributed by atoms with Crippen LogP contribution in [0, 0.1) is 11.3 Å². The number of rotatable bonds is 3. The molecule has 1 aromatic carbocycles. The van der Waals surface area contributed by atoms with E-state index in [4.69, 9.17) is 22.6 Å². The van der Waals surface area contributed by atoms with Gasteiger partial charge in [-0.15, -0.1) is 11.3 Å². The lowest BCUT2D eigenvalue weighted by atomic mass is 10.2. The molecule has 1 amide bonds. The summed E-state index contributed by atoms with van der Waals surface area (Å²) < 4.78 is 0. The van der Waals surface area contributed by atoms with E-state index < -0.39 is 5.91 Å². The SMILES string of the molecule is N#C/C(=C\c1ccc(-c2ccccc2Cl)s1)C(N)=O. The third-order valence-electron chi connectivity index (χ3n) is 2.44. The van der Waals surface area contributed by atoms with Gasteiger partial charge < -0.3 is 5.73 Å². The van der Waals surface area contributed by atoms with Crippen molar-refractivity contribution >= 4 is 34.9 Å². The Kier molecular flexibility index (Phi) is 4.00. The molecule has 0 atom stereocenters. The highest BCUT2D eigenvalue weighted by molar-refractivity contribution is 7.16. The van der Waals surface area contributed by atoms with Gasteiger partial charge >= 0.3 is 0 Å². The Balaban J connectivity index is 2.38. The van der Waals surface area contributed by atoms with Gasteiger partial charge in [0.1, 0.15) is 11.6 Å². The molecule has 2 aromatic rings. The Hall–Kier alpha value is -2.09. The summed E-state index contributed by atoms with van der Waals surface area (Å²) in [5.74, 6) is -0.727. The molecule has 0 fully saturated rings. The zero-order chi connectivity index (χ0) is 13.8. The molecule has 0 aliphatic carbocycles. The number of carbonyl (C=O) groups excluding carboxylic acids is 1. The third-order valence-corrected chi connectivity index (χ3v) is 3.83. The van der Waals surface area contributed by atoms with Gasteiger partial charge in [0, 0.05) is 20.3 Å². The number of halogens is 1. The summed E-state index contributed by atoms with van der Waals surface area (Å²) in [6.45, 7) is 0. The number of hydrogen-bond donors (Lipinski definition) is 1. The highest BCUT2D eigenvalue weighted by Gasteiger charge is 2.08. The fourth-order valence-corrected chi connectivity index (χ4v) is 2.82. The minimum Gasteiger partial charge on any atom is -0.365 e. The Morgan fingerprint density at radius 3 is 2.68 bits per heavy atom. The maximum absolute atomic E-state index is 11.0. The van der Waals surface area contributed by atoms with Gasteiger partial charge in [-0.25, -0.2) is 0 Å². The first-order valence-electron chi connectivity index (χ1n) is 5.38. The molecule has 0 bridgehead atoms. The Bertz CT molecular complexity index is 697. The number of primary amides is 1. The number of hydrogen-bond acceptors (Lipinski definition) is 3. The van der Waals surface area contributed by atoms with E-state index in [0.717, 1.165) is 15.3 Å². The van der Waals surface area contributed by atoms with Crippen LogP contribution in [-0.2, 0) is 4.79 Å². The lowest BCUT2D eigenvalue weighted by molar-refractivity contribution is -0.114. The van der Waals surface area contributed by atoms with Crippen LogP contribution in [0.4, 0.5) is 0 Å². The lowest BCUT2D eigenvalue weighted by Gasteiger charge is -1.99. The number of nitriles is 1. The molecule has 1 aromatic heterocycles. The molecular weight excluding hydrogens is 280 g/mol. The van der Waals surface area contributed by atoms with Crippen molar-refractivity contribution < 1.29 is 4.79 Å². The van der Waals surface area contributed by atoms with Crippen molar-refractivity contribution in [3.63, 3.8) is 0 Å². The van der Waals surface area contributed by atoms with Gasteiger partial charge in [-0.1, -0.05) is 29.8 Å². The van der Waals surface area contributed by atoms with Gasteiger partial charge in [-0.05, 0) is 24.3 Å². The highest BCUT2D eigenvalue weighted by atomic mass is 35.5. The lowest BCUT2D eigenvalue weighted by Crippen LogP contribution is -2.12. The van der Waals surface area contributed by atoms with Crippen molar-refractivity contribution in [2.75, 3.05) is 0 Å². The fourth-order valence-electron chi connectivity index (χ4n) is 1.54. The van der Waals surface area contributed by atoms with E-state index >= 15 is 0 Å². The van der Waals surface area contributed by atoms with Crippen molar-refractivity contribution in [3.8, 4) is 16.5 Å². The quantitative estimate of drug-likeness (QED) is 0.694. The van der Waals surface area contributed by atoms with Crippen LogP contribution in [0.3, 0.4) is 0 Å². The second-order valence-corrected chi connectivity index (χ2v) is 5.24. The predicted octanol–water partition coefficient (Wildman–Crippen LogP) is 3.46. The molecule has 0 saturated carbocycles. The normalized spacial score (nSPS) is 11.1. The smallest absolute Gasteiger partial charge is 0.259 e. The van der Waals surface area contributed by atoms with Crippen LogP contribution >= 0.6 is 22.9 Å². The van der Waals surface area contributed by atoms with Crippen molar-refractivity contribution in [3.05, 3.63) is 51.9 Å². The summed E-state index contributed by atoms with van der Waals surface area (Å²) in [5.41, 5.74) is 5.95. The van der Waals surface area contributed by atoms with Crippen molar-refractivity contribution in [1.82, 2.24) is 0 Å². The largest absolute Gasteiger partial charge is 0.365 e. The van der Waals surface area contributed by atoms with E-state index in [9.17, 15) is 4.79 Å². The van der Waals surface area contributed by atoms with E-state index in [1.165, 1.54) is 17.4 Å². The monoisotopic (exact) mass is 288 g/mol. The summed E-state index contributed by atoms with van der Waals surface area (Å²) in [7, 11) is 0. The average Bonchev–Trinajstić information content (AvgIpc) is 2.84. The zero-order valence-electron chi connectivity index (χ0n) is 9.76. The Morgan fingerprint density at radius 1 is 1.32 bits per heavy atom. The molecule has 19 heavy (non-hydrogen) atoms. The highest BCUT2D eigenvalue weighted by Crippen LogP contribution is 2.33. The number of carbonyl (C=O) groups is 1. The Labute approximate surface area is 119 Å². The van der Waals surface area contributed by atoms with Gasteiger partial charge in [0.2, 0.25) is 0 Å². The van der Waals surface area contributed by atoms with Crippen molar-refractivity contribution in [1.29, 1.82) is 5.26 Å². The van der Waals surface area contributed by atoms with Gasteiger partial charge in [-0.2, -0.15) is 5.26 Å². The van der Waals surface area contributed by atoms with Crippen molar-refractivity contribution in [2.24, 2.45) is 5.73 Å². The molecule has 0 spiro atoms. The predicted molar refractivity (Wildman–Crippen MR) is 77.5 cm³/mol. The standard InChI is InChI=1S/C14H9ClN2OS/c15-12-4-2-1-3-11(12)13-6-5-10(19-13)7-9(8-16)14(17)18/h1-7H,(H2,17,18)/b9-7+. The maximum atomic E-state index is 11.0. The van der Waals surface area contributed by atoms with Gasteiger partial charge in [0.15, 0.2) is 0 Å². The molecule has 0 aliphatic heterocycles. The van der Waals surface area contributed by atoms with E-state index in [2.05, 4.69) is 0 Å². The molecule has 2 N–H and O–H groups in total. The van der Waals surface area contributed by atoms with Crippen LogP contribution in [0.5, 0.6) is 0 Å². The number of nitrogens with zero attached hydrogens (tertiary/aromatic N) is 1. The summed E-state index contributed by atoms with van der Waals surface area (Å²) in [5, 5.41) is 9.45. The first-order chi connectivity index (χ1) is 9.11. The van der Waals surface area contributed by atoms with Gasteiger partial charge in [-0.3, -0.25) is 4.79 Å². The minimum absolute atomic E-state index is 0.0624. The summed E-state index contributed by atoms with van der Waals surface area (Å²) in [6.07, 6.45) is 1.48. The fraction of sp³-hybridized carbons (Fsp3) is 0. The topological polar surface area (TPSA) is 66.9 Å². The van der Waals surface area contributed by atoms with Crippen molar-refractivity contribution in [2.45, 2.75) is 0 Å². The van der Waals surface area contributed by atoms with Crippen LogP contribution < -0.4 is 5.73 Å². The molecule has 3 nitrogen and oxygen atoms in total. The summed E-state index contributed by atoms with van der Waals surface area (Å²) >= 11 is 7.56. The maximum Gasteiger partial charge on any atom is 0.259 e. The molecule has 0 unspecified atom stereocenters. The molecular formula is C14H9ClN2OS. The van der Waals surface area contributed by atoms with Gasteiger partial charge in [0.25, 0.3) is 5.91 Å². The van der Waals surface area contributed by atoms with E-state index in [0.29, 0.717) is 5.02 Å². The van der Waals surface area contributed by atoms with Crippen LogP contribution in [0.15, 0.2) is 42.0 Å². The molecule has 94 valence electrons. The first kappa shape index (κ1) is 13.3. The number of amides is 1. The van der Waals surface area contributed by atoms with E-state index in [1.54, 1.807) is 6.07 Å². The third kappa shape index (κ3) is 3.02. The molecule has 0 aliphatic rings. The second-order valence-electron chi connectivity index (χ2n) is 3.72. The number of thiophene rings is 1. The van der Waals surface area contributed by atoms with Crippen LogP contribution in [0.2, 0.25) is 5.02 Å². The zero-order valence-corrected chi connectivity index (χ0v) is 11.3. The molecule has 0 radical (unpaired) electrons. The number of benzene rings is 1. The molecule has 0 saturated heterocycles. The van der Waals surface area contributed by atoms with E-state index in [-0.39, 0.29) is 5.57 Å². The number of nitrogens with two attached hydrogens (primary N) is 1. The molecule has 2 rings (SSSR count). The molecule has 5 heteroatoms. The molecule has 1 heterocycles. The van der Waals surface area contributed by atoms with Crippen LogP contribution in [0.25, 0.3) is 16.5 Å². The van der Waals surface area contributed by atoms with E-state index in [1.807, 2.05) is 36.4 Å². The summed E-state index contributed by atoms with van der Waals surface area (Å²) in [6, 6.07) is 13.0. The minimum atomic E-state index is -0.727. The average molecular weight is 289 g/mol. The van der Waals surface area contributed by atoms with Crippen LogP contribution in [0.1, 0.15) is 4.88 Å². The van der Waals surface area contributed by atoms with Crippen LogP contribution in [-0.4, -0.2) is 5.91 Å². The summed E-state index contributed by atoms with van der Waals surface area (Å²) in [4.78, 5) is 12.7. The Morgan fingerprint density at radius 2 is 2.05 bits per heavy atom.